The highest BCUT2D eigenvalue weighted by atomic mass is 16.2. The van der Waals surface area contributed by atoms with Gasteiger partial charge in [-0.3, -0.25) is 4.79 Å². The summed E-state index contributed by atoms with van der Waals surface area (Å²) in [5.74, 6) is 0.569. The van der Waals surface area contributed by atoms with Crippen LogP contribution in [0, 0.1) is 0 Å². The molecule has 3 heteroatoms. The van der Waals surface area contributed by atoms with Crippen LogP contribution in [-0.4, -0.2) is 25.0 Å². The minimum absolute atomic E-state index is 0.0375. The number of hydrogen-bond acceptors (Lipinski definition) is 1. The molecule has 1 aromatic carbocycles. The fraction of sp³-hybridized carbons (Fsp3) is 0.588. The van der Waals surface area contributed by atoms with E-state index in [9.17, 15) is 4.79 Å². The van der Waals surface area contributed by atoms with Crippen molar-refractivity contribution in [3.05, 3.63) is 29.8 Å². The van der Waals surface area contributed by atoms with Gasteiger partial charge in [-0.25, -0.2) is 0 Å². The van der Waals surface area contributed by atoms with Crippen LogP contribution in [0.2, 0.25) is 0 Å². The smallest absolute Gasteiger partial charge is 0.282 e. The SMILES string of the molecule is CC(C)c1ccccc1NC(=O)[C@H](C)[NH+]1CCCCC1. The minimum Gasteiger partial charge on any atom is -0.325 e. The molecule has 110 valence electrons. The number of carbonyl (C=O) groups is 1. The van der Waals surface area contributed by atoms with Crippen LogP contribution >= 0.6 is 0 Å². The average Bonchev–Trinajstić information content (AvgIpc) is 2.47. The predicted octanol–water partition coefficient (Wildman–Crippen LogP) is 2.21. The molecule has 2 rings (SSSR count). The van der Waals surface area contributed by atoms with Crippen molar-refractivity contribution < 1.29 is 9.69 Å². The van der Waals surface area contributed by atoms with Gasteiger partial charge in [0.05, 0.1) is 13.1 Å². The standard InChI is InChI=1S/C17H26N2O/c1-13(2)15-9-5-6-10-16(15)18-17(20)14(3)19-11-7-4-8-12-19/h5-6,9-10,13-14H,4,7-8,11-12H2,1-3H3,(H,18,20)/p+1/t14-/m0/s1. The summed E-state index contributed by atoms with van der Waals surface area (Å²) in [7, 11) is 0. The lowest BCUT2D eigenvalue weighted by atomic mass is 10.0. The van der Waals surface area contributed by atoms with Crippen LogP contribution in [0.15, 0.2) is 24.3 Å². The summed E-state index contributed by atoms with van der Waals surface area (Å²) in [6.45, 7) is 8.61. The van der Waals surface area contributed by atoms with Crippen LogP contribution in [0.25, 0.3) is 0 Å². The lowest BCUT2D eigenvalue weighted by molar-refractivity contribution is -0.918. The van der Waals surface area contributed by atoms with Gasteiger partial charge in [-0.1, -0.05) is 32.0 Å². The van der Waals surface area contributed by atoms with E-state index in [0.717, 1.165) is 18.8 Å². The van der Waals surface area contributed by atoms with Gasteiger partial charge in [0.15, 0.2) is 6.04 Å². The monoisotopic (exact) mass is 275 g/mol. The van der Waals surface area contributed by atoms with E-state index in [-0.39, 0.29) is 11.9 Å². The molecule has 1 fully saturated rings. The van der Waals surface area contributed by atoms with E-state index in [0.29, 0.717) is 5.92 Å². The normalized spacial score (nSPS) is 18.0. The second-order valence-electron chi connectivity index (χ2n) is 6.17. The Labute approximate surface area is 122 Å². The van der Waals surface area contributed by atoms with Gasteiger partial charge in [0.2, 0.25) is 0 Å². The number of para-hydroxylation sites is 1. The fourth-order valence-corrected chi connectivity index (χ4v) is 2.98. The number of hydrogen-bond donors (Lipinski definition) is 2. The molecule has 3 nitrogen and oxygen atoms in total. The van der Waals surface area contributed by atoms with Crippen LogP contribution in [0.1, 0.15) is 51.5 Å². The summed E-state index contributed by atoms with van der Waals surface area (Å²) in [4.78, 5) is 13.9. The van der Waals surface area contributed by atoms with Crippen molar-refractivity contribution in [1.29, 1.82) is 0 Å². The number of amides is 1. The van der Waals surface area contributed by atoms with Crippen molar-refractivity contribution in [2.24, 2.45) is 0 Å². The van der Waals surface area contributed by atoms with Crippen LogP contribution in [0.3, 0.4) is 0 Å². The van der Waals surface area contributed by atoms with Crippen molar-refractivity contribution >= 4 is 11.6 Å². The van der Waals surface area contributed by atoms with E-state index < -0.39 is 0 Å². The Morgan fingerprint density at radius 1 is 1.10 bits per heavy atom. The number of likely N-dealkylation sites (tertiary alicyclic amines) is 1. The molecule has 0 unspecified atom stereocenters. The van der Waals surface area contributed by atoms with E-state index in [1.807, 2.05) is 25.1 Å². The number of anilines is 1. The maximum atomic E-state index is 12.5. The van der Waals surface area contributed by atoms with Gasteiger partial charge in [0, 0.05) is 5.69 Å². The summed E-state index contributed by atoms with van der Waals surface area (Å²) >= 11 is 0. The molecule has 1 amide bonds. The van der Waals surface area contributed by atoms with Gasteiger partial charge in [0.1, 0.15) is 0 Å². The number of quaternary nitrogens is 1. The quantitative estimate of drug-likeness (QED) is 0.868. The molecule has 0 saturated carbocycles. The van der Waals surface area contributed by atoms with Crippen molar-refractivity contribution in [3.8, 4) is 0 Å². The van der Waals surface area contributed by atoms with E-state index >= 15 is 0 Å². The highest BCUT2D eigenvalue weighted by molar-refractivity contribution is 5.94. The third-order valence-electron chi connectivity index (χ3n) is 4.34. The first-order valence-corrected chi connectivity index (χ1v) is 7.84. The van der Waals surface area contributed by atoms with E-state index in [2.05, 4.69) is 25.2 Å². The lowest BCUT2D eigenvalue weighted by Gasteiger charge is -2.28. The van der Waals surface area contributed by atoms with Gasteiger partial charge < -0.3 is 10.2 Å². The summed E-state index contributed by atoms with van der Waals surface area (Å²) in [5.41, 5.74) is 2.18. The third kappa shape index (κ3) is 3.60. The molecule has 20 heavy (non-hydrogen) atoms. The van der Waals surface area contributed by atoms with Gasteiger partial charge in [0.25, 0.3) is 5.91 Å². The molecule has 1 atom stereocenters. The van der Waals surface area contributed by atoms with Crippen molar-refractivity contribution in [2.75, 3.05) is 18.4 Å². The zero-order valence-corrected chi connectivity index (χ0v) is 12.9. The average molecular weight is 275 g/mol. The third-order valence-corrected chi connectivity index (χ3v) is 4.34. The largest absolute Gasteiger partial charge is 0.325 e. The molecule has 1 aromatic rings. The van der Waals surface area contributed by atoms with Crippen molar-refractivity contribution in [1.82, 2.24) is 0 Å². The maximum Gasteiger partial charge on any atom is 0.282 e. The molecule has 1 aliphatic heterocycles. The molecule has 1 aliphatic rings. The zero-order valence-electron chi connectivity index (χ0n) is 12.9. The lowest BCUT2D eigenvalue weighted by Crippen LogP contribution is -3.17. The Kier molecular flexibility index (Phi) is 5.18. The fourth-order valence-electron chi connectivity index (χ4n) is 2.98. The molecule has 0 bridgehead atoms. The molecule has 0 aromatic heterocycles. The highest BCUT2D eigenvalue weighted by Crippen LogP contribution is 2.23. The second kappa shape index (κ2) is 6.89. The number of piperidine rings is 1. The number of nitrogens with one attached hydrogen (secondary N) is 2. The van der Waals surface area contributed by atoms with Crippen LogP contribution in [-0.2, 0) is 4.79 Å². The van der Waals surface area contributed by atoms with Gasteiger partial charge in [-0.15, -0.1) is 0 Å². The molecule has 0 spiro atoms. The van der Waals surface area contributed by atoms with Gasteiger partial charge in [-0.2, -0.15) is 0 Å². The Balaban J connectivity index is 2.03. The van der Waals surface area contributed by atoms with Crippen LogP contribution in [0.4, 0.5) is 5.69 Å². The molecule has 0 aliphatic carbocycles. The number of rotatable bonds is 4. The van der Waals surface area contributed by atoms with E-state index in [1.165, 1.54) is 29.7 Å². The molecule has 0 radical (unpaired) electrons. The minimum atomic E-state index is 0.0375. The van der Waals surface area contributed by atoms with Gasteiger partial charge in [-0.05, 0) is 43.7 Å². The summed E-state index contributed by atoms with van der Waals surface area (Å²) in [6, 6.07) is 8.16. The Morgan fingerprint density at radius 2 is 1.75 bits per heavy atom. The summed E-state index contributed by atoms with van der Waals surface area (Å²) in [6.07, 6.45) is 3.80. The number of carbonyl (C=O) groups excluding carboxylic acids is 1. The Hall–Kier alpha value is -1.35. The van der Waals surface area contributed by atoms with Crippen molar-refractivity contribution in [3.63, 3.8) is 0 Å². The second-order valence-corrected chi connectivity index (χ2v) is 6.17. The van der Waals surface area contributed by atoms with E-state index in [4.69, 9.17) is 0 Å². The van der Waals surface area contributed by atoms with E-state index in [1.54, 1.807) is 0 Å². The summed E-state index contributed by atoms with van der Waals surface area (Å²) < 4.78 is 0. The first kappa shape index (κ1) is 15.0. The highest BCUT2D eigenvalue weighted by Gasteiger charge is 2.26. The predicted molar refractivity (Wildman–Crippen MR) is 83.2 cm³/mol. The molecule has 1 saturated heterocycles. The van der Waals surface area contributed by atoms with Crippen LogP contribution in [0.5, 0.6) is 0 Å². The van der Waals surface area contributed by atoms with Crippen LogP contribution < -0.4 is 10.2 Å². The maximum absolute atomic E-state index is 12.5. The molecule has 1 heterocycles. The first-order valence-electron chi connectivity index (χ1n) is 7.84. The van der Waals surface area contributed by atoms with Gasteiger partial charge >= 0.3 is 0 Å². The first-order chi connectivity index (χ1) is 9.59. The summed E-state index contributed by atoms with van der Waals surface area (Å²) in [5, 5.41) is 3.13. The molecular formula is C17H27N2O+. The molecular weight excluding hydrogens is 248 g/mol. The Bertz CT molecular complexity index is 450. The zero-order chi connectivity index (χ0) is 14.5. The Morgan fingerprint density at radius 3 is 2.40 bits per heavy atom. The van der Waals surface area contributed by atoms with Crippen molar-refractivity contribution in [2.45, 2.75) is 52.0 Å². The molecule has 2 N–H and O–H groups in total. The topological polar surface area (TPSA) is 33.5 Å². The number of benzene rings is 1.